The molecule has 2 rings (SSSR count). The van der Waals surface area contributed by atoms with E-state index in [9.17, 15) is 5.11 Å². The summed E-state index contributed by atoms with van der Waals surface area (Å²) in [5, 5.41) is 13.5. The molecule has 4 nitrogen and oxygen atoms in total. The van der Waals surface area contributed by atoms with E-state index >= 15 is 0 Å². The molecule has 0 spiro atoms. The molecule has 94 valence electrons. The summed E-state index contributed by atoms with van der Waals surface area (Å²) in [6, 6.07) is 7.64. The number of nitrogens with zero attached hydrogens (tertiary/aromatic N) is 1. The SMILES string of the molecule is COc1cccc(C(O)CN2CCNCC2)c1. The second-order valence-corrected chi connectivity index (χ2v) is 4.34. The van der Waals surface area contributed by atoms with Crippen LogP contribution < -0.4 is 10.1 Å². The van der Waals surface area contributed by atoms with Crippen molar-refractivity contribution in [2.24, 2.45) is 0 Å². The maximum absolute atomic E-state index is 10.2. The van der Waals surface area contributed by atoms with Gasteiger partial charge >= 0.3 is 0 Å². The molecule has 0 amide bonds. The van der Waals surface area contributed by atoms with Gasteiger partial charge < -0.3 is 15.2 Å². The number of aliphatic hydroxyl groups excluding tert-OH is 1. The topological polar surface area (TPSA) is 44.7 Å². The number of hydrogen-bond acceptors (Lipinski definition) is 4. The zero-order valence-corrected chi connectivity index (χ0v) is 10.2. The Bertz CT molecular complexity index is 351. The molecule has 0 radical (unpaired) electrons. The number of methoxy groups -OCH3 is 1. The molecule has 0 saturated carbocycles. The minimum atomic E-state index is -0.441. The van der Waals surface area contributed by atoms with Crippen LogP contribution in [0.2, 0.25) is 0 Å². The molecule has 1 heterocycles. The second kappa shape index (κ2) is 6.00. The monoisotopic (exact) mass is 236 g/mol. The fraction of sp³-hybridized carbons (Fsp3) is 0.538. The van der Waals surface area contributed by atoms with E-state index in [0.717, 1.165) is 37.5 Å². The Morgan fingerprint density at radius 1 is 1.41 bits per heavy atom. The van der Waals surface area contributed by atoms with Crippen molar-refractivity contribution in [3.8, 4) is 5.75 Å². The Morgan fingerprint density at radius 2 is 2.18 bits per heavy atom. The first-order valence-electron chi connectivity index (χ1n) is 6.04. The zero-order valence-electron chi connectivity index (χ0n) is 10.2. The third kappa shape index (κ3) is 3.43. The number of β-amino-alcohol motifs (C(OH)–C–C–N with tert-alkyl or cyclic N) is 1. The van der Waals surface area contributed by atoms with Gasteiger partial charge in [0.25, 0.3) is 0 Å². The lowest BCUT2D eigenvalue weighted by atomic mass is 10.1. The average molecular weight is 236 g/mol. The molecule has 17 heavy (non-hydrogen) atoms. The lowest BCUT2D eigenvalue weighted by Gasteiger charge is -2.29. The normalized spacial score (nSPS) is 18.9. The van der Waals surface area contributed by atoms with Crippen LogP contribution in [0.3, 0.4) is 0 Å². The quantitative estimate of drug-likeness (QED) is 0.805. The summed E-state index contributed by atoms with van der Waals surface area (Å²) >= 11 is 0. The van der Waals surface area contributed by atoms with Crippen LogP contribution in [0.5, 0.6) is 5.75 Å². The summed E-state index contributed by atoms with van der Waals surface area (Å²) in [7, 11) is 1.64. The van der Waals surface area contributed by atoms with Crippen LogP contribution >= 0.6 is 0 Å². The van der Waals surface area contributed by atoms with Crippen LogP contribution in [0.4, 0.5) is 0 Å². The van der Waals surface area contributed by atoms with Crippen LogP contribution in [-0.4, -0.2) is 49.8 Å². The molecular weight excluding hydrogens is 216 g/mol. The van der Waals surface area contributed by atoms with E-state index < -0.39 is 6.10 Å². The van der Waals surface area contributed by atoms with Crippen LogP contribution in [0.15, 0.2) is 24.3 Å². The van der Waals surface area contributed by atoms with Crippen molar-refractivity contribution in [1.29, 1.82) is 0 Å². The highest BCUT2D eigenvalue weighted by atomic mass is 16.5. The minimum Gasteiger partial charge on any atom is -0.497 e. The molecule has 4 heteroatoms. The maximum atomic E-state index is 10.2. The van der Waals surface area contributed by atoms with E-state index in [0.29, 0.717) is 6.54 Å². The predicted octanol–water partition coefficient (Wildman–Crippen LogP) is 0.634. The number of rotatable bonds is 4. The molecular formula is C13H20N2O2. The third-order valence-corrected chi connectivity index (χ3v) is 3.12. The summed E-state index contributed by atoms with van der Waals surface area (Å²) in [6.07, 6.45) is -0.441. The lowest BCUT2D eigenvalue weighted by Crippen LogP contribution is -2.44. The fourth-order valence-electron chi connectivity index (χ4n) is 2.09. The number of aliphatic hydroxyl groups is 1. The van der Waals surface area contributed by atoms with Gasteiger partial charge in [-0.1, -0.05) is 12.1 Å². The van der Waals surface area contributed by atoms with E-state index in [1.807, 2.05) is 24.3 Å². The summed E-state index contributed by atoms with van der Waals surface area (Å²) in [4.78, 5) is 2.28. The third-order valence-electron chi connectivity index (χ3n) is 3.12. The summed E-state index contributed by atoms with van der Waals surface area (Å²) < 4.78 is 5.16. The average Bonchev–Trinajstić information content (AvgIpc) is 2.40. The smallest absolute Gasteiger partial charge is 0.119 e. The molecule has 1 aromatic rings. The van der Waals surface area contributed by atoms with E-state index in [1.54, 1.807) is 7.11 Å². The van der Waals surface area contributed by atoms with Gasteiger partial charge in [0.15, 0.2) is 0 Å². The Labute approximate surface area is 102 Å². The van der Waals surface area contributed by atoms with Crippen molar-refractivity contribution in [1.82, 2.24) is 10.2 Å². The Morgan fingerprint density at radius 3 is 2.88 bits per heavy atom. The molecule has 0 aliphatic carbocycles. The molecule has 1 saturated heterocycles. The summed E-state index contributed by atoms with van der Waals surface area (Å²) in [5.41, 5.74) is 0.919. The minimum absolute atomic E-state index is 0.441. The number of piperazine rings is 1. The first-order valence-corrected chi connectivity index (χ1v) is 6.04. The van der Waals surface area contributed by atoms with Gasteiger partial charge in [-0.05, 0) is 17.7 Å². The maximum Gasteiger partial charge on any atom is 0.119 e. The highest BCUT2D eigenvalue weighted by molar-refractivity contribution is 5.29. The highest BCUT2D eigenvalue weighted by Crippen LogP contribution is 2.19. The first-order chi connectivity index (χ1) is 8.29. The van der Waals surface area contributed by atoms with Gasteiger partial charge in [0, 0.05) is 32.7 Å². The molecule has 1 fully saturated rings. The molecule has 0 bridgehead atoms. The molecule has 1 aromatic carbocycles. The van der Waals surface area contributed by atoms with Crippen molar-refractivity contribution in [2.45, 2.75) is 6.10 Å². The summed E-state index contributed by atoms with van der Waals surface area (Å²) in [5.74, 6) is 0.793. The molecule has 1 unspecified atom stereocenters. The predicted molar refractivity (Wildman–Crippen MR) is 67.3 cm³/mol. The van der Waals surface area contributed by atoms with Gasteiger partial charge in [-0.25, -0.2) is 0 Å². The number of nitrogens with one attached hydrogen (secondary N) is 1. The summed E-state index contributed by atoms with van der Waals surface area (Å²) in [6.45, 7) is 4.70. The van der Waals surface area contributed by atoms with Gasteiger partial charge in [-0.2, -0.15) is 0 Å². The van der Waals surface area contributed by atoms with Gasteiger partial charge in [0.05, 0.1) is 13.2 Å². The Balaban J connectivity index is 1.95. The molecule has 1 atom stereocenters. The van der Waals surface area contributed by atoms with Crippen molar-refractivity contribution >= 4 is 0 Å². The molecule has 1 aliphatic rings. The second-order valence-electron chi connectivity index (χ2n) is 4.34. The molecule has 2 N–H and O–H groups in total. The molecule has 1 aliphatic heterocycles. The van der Waals surface area contributed by atoms with Gasteiger partial charge in [0.2, 0.25) is 0 Å². The van der Waals surface area contributed by atoms with E-state index in [-0.39, 0.29) is 0 Å². The van der Waals surface area contributed by atoms with Crippen molar-refractivity contribution < 1.29 is 9.84 Å². The van der Waals surface area contributed by atoms with Crippen LogP contribution in [-0.2, 0) is 0 Å². The van der Waals surface area contributed by atoms with Gasteiger partial charge in [-0.15, -0.1) is 0 Å². The number of ether oxygens (including phenoxy) is 1. The van der Waals surface area contributed by atoms with Crippen molar-refractivity contribution in [3.63, 3.8) is 0 Å². The first kappa shape index (κ1) is 12.4. The van der Waals surface area contributed by atoms with Crippen molar-refractivity contribution in [2.75, 3.05) is 39.8 Å². The van der Waals surface area contributed by atoms with Crippen LogP contribution in [0, 0.1) is 0 Å². The standard InChI is InChI=1S/C13H20N2O2/c1-17-12-4-2-3-11(9-12)13(16)10-15-7-5-14-6-8-15/h2-4,9,13-14,16H,5-8,10H2,1H3. The van der Waals surface area contributed by atoms with Crippen LogP contribution in [0.25, 0.3) is 0 Å². The number of hydrogen-bond donors (Lipinski definition) is 2. The largest absolute Gasteiger partial charge is 0.497 e. The Kier molecular flexibility index (Phi) is 4.36. The van der Waals surface area contributed by atoms with Gasteiger partial charge in [0.1, 0.15) is 5.75 Å². The van der Waals surface area contributed by atoms with E-state index in [4.69, 9.17) is 4.74 Å². The van der Waals surface area contributed by atoms with Gasteiger partial charge in [-0.3, -0.25) is 4.90 Å². The van der Waals surface area contributed by atoms with Crippen molar-refractivity contribution in [3.05, 3.63) is 29.8 Å². The fourth-order valence-corrected chi connectivity index (χ4v) is 2.09. The Hall–Kier alpha value is -1.10. The lowest BCUT2D eigenvalue weighted by molar-refractivity contribution is 0.105. The van der Waals surface area contributed by atoms with Crippen LogP contribution in [0.1, 0.15) is 11.7 Å². The number of benzene rings is 1. The zero-order chi connectivity index (χ0) is 12.1. The van der Waals surface area contributed by atoms with E-state index in [1.165, 1.54) is 0 Å². The van der Waals surface area contributed by atoms with E-state index in [2.05, 4.69) is 10.2 Å². The molecule has 0 aromatic heterocycles. The highest BCUT2D eigenvalue weighted by Gasteiger charge is 2.15.